The van der Waals surface area contributed by atoms with E-state index in [1.807, 2.05) is 10.8 Å². The summed E-state index contributed by atoms with van der Waals surface area (Å²) in [4.78, 5) is 0. The Labute approximate surface area is 40.4 Å². The van der Waals surface area contributed by atoms with E-state index < -0.39 is 0 Å². The summed E-state index contributed by atoms with van der Waals surface area (Å²) in [5.74, 6) is 0. The third kappa shape index (κ3) is 0.518. The van der Waals surface area contributed by atoms with Crippen molar-refractivity contribution in [2.75, 3.05) is 5.73 Å². The van der Waals surface area contributed by atoms with Crippen molar-refractivity contribution in [1.82, 2.24) is 0 Å². The van der Waals surface area contributed by atoms with E-state index in [2.05, 4.69) is 6.07 Å². The van der Waals surface area contributed by atoms with Crippen LogP contribution in [0.15, 0.2) is 10.8 Å². The van der Waals surface area contributed by atoms with Crippen molar-refractivity contribution < 1.29 is 0 Å². The zero-order valence-electron chi connectivity index (χ0n) is 3.14. The van der Waals surface area contributed by atoms with Crippen molar-refractivity contribution in [1.29, 1.82) is 0 Å². The molecule has 1 nitrogen and oxygen atoms in total. The molecule has 1 rings (SSSR count). The SMILES string of the molecule is Nc1[c]csc1. The average Bonchev–Trinajstić information content (AvgIpc) is 1.86. The lowest BCUT2D eigenvalue weighted by Crippen LogP contribution is -1.75. The third-order valence-electron chi connectivity index (χ3n) is 0.489. The van der Waals surface area contributed by atoms with Crippen LogP contribution >= 0.6 is 11.3 Å². The van der Waals surface area contributed by atoms with Gasteiger partial charge in [0.25, 0.3) is 0 Å². The molecule has 1 aromatic heterocycles. The van der Waals surface area contributed by atoms with Gasteiger partial charge in [-0.05, 0) is 0 Å². The maximum Gasteiger partial charge on any atom is 0.0503 e. The van der Waals surface area contributed by atoms with Crippen molar-refractivity contribution in [2.45, 2.75) is 0 Å². The minimum atomic E-state index is 0.736. The Morgan fingerprint density at radius 3 is 2.83 bits per heavy atom. The van der Waals surface area contributed by atoms with Gasteiger partial charge >= 0.3 is 0 Å². The fourth-order valence-electron chi connectivity index (χ4n) is 0.243. The van der Waals surface area contributed by atoms with Crippen molar-refractivity contribution in [3.8, 4) is 0 Å². The summed E-state index contributed by atoms with van der Waals surface area (Å²) < 4.78 is 0. The maximum atomic E-state index is 5.23. The quantitative estimate of drug-likeness (QED) is 0.517. The lowest BCUT2D eigenvalue weighted by atomic mass is 10.6. The zero-order chi connectivity index (χ0) is 4.41. The standard InChI is InChI=1S/C4H4NS/c5-4-1-2-6-3-4/h2-3H,5H2. The van der Waals surface area contributed by atoms with Crippen molar-refractivity contribution in [2.24, 2.45) is 0 Å². The molecule has 0 aliphatic carbocycles. The smallest absolute Gasteiger partial charge is 0.0503 e. The van der Waals surface area contributed by atoms with E-state index in [0.29, 0.717) is 0 Å². The largest absolute Gasteiger partial charge is 0.398 e. The number of hydrogen-bond acceptors (Lipinski definition) is 2. The van der Waals surface area contributed by atoms with Gasteiger partial charge in [-0.1, -0.05) is 0 Å². The van der Waals surface area contributed by atoms with Crippen LogP contribution in [0.2, 0.25) is 0 Å². The number of rotatable bonds is 0. The second-order valence-corrected chi connectivity index (χ2v) is 1.72. The molecule has 0 unspecified atom stereocenters. The van der Waals surface area contributed by atoms with Gasteiger partial charge in [0, 0.05) is 16.8 Å². The first kappa shape index (κ1) is 3.68. The molecule has 0 bridgehead atoms. The minimum Gasteiger partial charge on any atom is -0.398 e. The van der Waals surface area contributed by atoms with Crippen molar-refractivity contribution >= 4 is 17.0 Å². The highest BCUT2D eigenvalue weighted by Gasteiger charge is 1.76. The number of nitrogens with two attached hydrogens (primary N) is 1. The summed E-state index contributed by atoms with van der Waals surface area (Å²) in [7, 11) is 0. The topological polar surface area (TPSA) is 26.0 Å². The molecule has 0 saturated carbocycles. The fraction of sp³-hybridized carbons (Fsp3) is 0. The first-order chi connectivity index (χ1) is 2.89. The molecular formula is C4H4NS. The molecule has 0 atom stereocenters. The molecule has 0 amide bonds. The van der Waals surface area contributed by atoms with Gasteiger partial charge in [-0.3, -0.25) is 0 Å². The number of thiophene rings is 1. The number of anilines is 1. The lowest BCUT2D eigenvalue weighted by molar-refractivity contribution is 1.86. The van der Waals surface area contributed by atoms with E-state index in [9.17, 15) is 0 Å². The molecule has 0 aliphatic heterocycles. The highest BCUT2D eigenvalue weighted by atomic mass is 32.1. The summed E-state index contributed by atoms with van der Waals surface area (Å²) in [6, 6.07) is 2.80. The van der Waals surface area contributed by atoms with Crippen LogP contribution in [0.5, 0.6) is 0 Å². The Balaban J connectivity index is 3.05. The van der Waals surface area contributed by atoms with Crippen LogP contribution in [0.3, 0.4) is 0 Å². The van der Waals surface area contributed by atoms with Crippen LogP contribution < -0.4 is 5.73 Å². The predicted molar refractivity (Wildman–Crippen MR) is 27.6 cm³/mol. The van der Waals surface area contributed by atoms with Crippen molar-refractivity contribution in [3.63, 3.8) is 0 Å². The molecule has 0 spiro atoms. The van der Waals surface area contributed by atoms with Gasteiger partial charge < -0.3 is 5.73 Å². The Kier molecular flexibility index (Phi) is 0.801. The van der Waals surface area contributed by atoms with Crippen LogP contribution in [0.25, 0.3) is 0 Å². The summed E-state index contributed by atoms with van der Waals surface area (Å²) in [6.45, 7) is 0. The molecule has 0 aromatic carbocycles. The number of hydrogen-bond donors (Lipinski definition) is 1. The second kappa shape index (κ2) is 1.30. The van der Waals surface area contributed by atoms with E-state index in [4.69, 9.17) is 5.73 Å². The van der Waals surface area contributed by atoms with E-state index in [0.717, 1.165) is 5.69 Å². The van der Waals surface area contributed by atoms with Crippen LogP contribution in [-0.2, 0) is 0 Å². The van der Waals surface area contributed by atoms with Crippen molar-refractivity contribution in [3.05, 3.63) is 16.8 Å². The molecule has 0 fully saturated rings. The van der Waals surface area contributed by atoms with Gasteiger partial charge in [-0.25, -0.2) is 0 Å². The van der Waals surface area contributed by atoms with Gasteiger partial charge in [-0.2, -0.15) is 0 Å². The van der Waals surface area contributed by atoms with Crippen LogP contribution in [0.1, 0.15) is 0 Å². The van der Waals surface area contributed by atoms with Gasteiger partial charge in [-0.15, -0.1) is 11.3 Å². The van der Waals surface area contributed by atoms with Gasteiger partial charge in [0.05, 0.1) is 5.69 Å². The molecule has 2 heteroatoms. The van der Waals surface area contributed by atoms with Crippen LogP contribution in [-0.4, -0.2) is 0 Å². The maximum absolute atomic E-state index is 5.23. The lowest BCUT2D eigenvalue weighted by Gasteiger charge is -1.67. The van der Waals surface area contributed by atoms with E-state index in [-0.39, 0.29) is 0 Å². The molecular weight excluding hydrogens is 94.1 g/mol. The minimum absolute atomic E-state index is 0.736. The normalized spacial score (nSPS) is 8.67. The van der Waals surface area contributed by atoms with E-state index in [1.165, 1.54) is 0 Å². The molecule has 0 aliphatic rings. The molecule has 31 valence electrons. The van der Waals surface area contributed by atoms with Crippen LogP contribution in [0.4, 0.5) is 5.69 Å². The molecule has 1 radical (unpaired) electrons. The van der Waals surface area contributed by atoms with Gasteiger partial charge in [0.1, 0.15) is 0 Å². The molecule has 1 heterocycles. The number of nitrogen functional groups attached to an aromatic ring is 1. The molecule has 2 N–H and O–H groups in total. The van der Waals surface area contributed by atoms with Gasteiger partial charge in [0.15, 0.2) is 0 Å². The average molecular weight is 98.1 g/mol. The second-order valence-electron chi connectivity index (χ2n) is 0.971. The van der Waals surface area contributed by atoms with E-state index in [1.54, 1.807) is 11.3 Å². The highest BCUT2D eigenvalue weighted by molar-refractivity contribution is 7.08. The summed E-state index contributed by atoms with van der Waals surface area (Å²) in [5, 5.41) is 3.68. The Hall–Kier alpha value is -0.500. The highest BCUT2D eigenvalue weighted by Crippen LogP contribution is 2.03. The zero-order valence-corrected chi connectivity index (χ0v) is 3.96. The summed E-state index contributed by atoms with van der Waals surface area (Å²) >= 11 is 1.56. The Morgan fingerprint density at radius 1 is 1.83 bits per heavy atom. The third-order valence-corrected chi connectivity index (χ3v) is 1.13. The summed E-state index contributed by atoms with van der Waals surface area (Å²) in [6.07, 6.45) is 0. The Bertz CT molecular complexity index is 111. The van der Waals surface area contributed by atoms with Crippen LogP contribution in [0, 0.1) is 6.07 Å². The monoisotopic (exact) mass is 98.0 g/mol. The molecule has 0 saturated heterocycles. The summed E-state index contributed by atoms with van der Waals surface area (Å²) in [5.41, 5.74) is 5.97. The first-order valence-corrected chi connectivity index (χ1v) is 2.53. The van der Waals surface area contributed by atoms with Gasteiger partial charge in [0.2, 0.25) is 0 Å². The fourth-order valence-corrected chi connectivity index (χ4v) is 0.730. The molecule has 6 heavy (non-hydrogen) atoms. The predicted octanol–water partition coefficient (Wildman–Crippen LogP) is 1.13. The first-order valence-electron chi connectivity index (χ1n) is 1.59. The molecule has 1 aromatic rings. The Morgan fingerprint density at radius 2 is 2.67 bits per heavy atom. The van der Waals surface area contributed by atoms with E-state index >= 15 is 0 Å².